The summed E-state index contributed by atoms with van der Waals surface area (Å²) in [5, 5.41) is 3.13. The molecular weight excluding hydrogens is 142 g/mol. The van der Waals surface area contributed by atoms with Crippen LogP contribution in [0.1, 0.15) is 20.3 Å². The molecule has 1 aliphatic rings. The molecule has 0 aromatic heterocycles. The maximum absolute atomic E-state index is 11.2. The predicted octanol–water partition coefficient (Wildman–Crippen LogP) is 0.547. The Morgan fingerprint density at radius 1 is 1.64 bits per heavy atom. The largest absolute Gasteiger partial charge is 0.463 e. The third kappa shape index (κ3) is 2.50. The molecular formula is C8H15NO2. The van der Waals surface area contributed by atoms with Crippen molar-refractivity contribution < 1.29 is 9.53 Å². The molecule has 0 amide bonds. The molecule has 64 valence electrons. The van der Waals surface area contributed by atoms with E-state index < -0.39 is 0 Å². The van der Waals surface area contributed by atoms with Crippen molar-refractivity contribution in [3.05, 3.63) is 0 Å². The second-order valence-corrected chi connectivity index (χ2v) is 3.18. The Kier molecular flexibility index (Phi) is 2.88. The minimum atomic E-state index is -0.0509. The summed E-state index contributed by atoms with van der Waals surface area (Å²) in [5.74, 6) is 0.0439. The summed E-state index contributed by atoms with van der Waals surface area (Å²) < 4.78 is 5.06. The SMILES string of the molecule is CC(C)OC(=O)[C@H]1CCNC1. The van der Waals surface area contributed by atoms with Crippen molar-refractivity contribution in [2.24, 2.45) is 5.92 Å². The number of hydrogen-bond acceptors (Lipinski definition) is 3. The van der Waals surface area contributed by atoms with Crippen molar-refractivity contribution in [2.75, 3.05) is 13.1 Å². The molecule has 0 radical (unpaired) electrons. The molecule has 1 atom stereocenters. The summed E-state index contributed by atoms with van der Waals surface area (Å²) >= 11 is 0. The lowest BCUT2D eigenvalue weighted by molar-refractivity contribution is -0.151. The highest BCUT2D eigenvalue weighted by molar-refractivity contribution is 5.73. The average Bonchev–Trinajstić information content (AvgIpc) is 2.35. The van der Waals surface area contributed by atoms with Crippen LogP contribution in [0.5, 0.6) is 0 Å². The fourth-order valence-electron chi connectivity index (χ4n) is 1.18. The van der Waals surface area contributed by atoms with Crippen molar-refractivity contribution in [3.63, 3.8) is 0 Å². The van der Waals surface area contributed by atoms with Crippen LogP contribution in [0.25, 0.3) is 0 Å². The Morgan fingerprint density at radius 3 is 2.82 bits per heavy atom. The summed E-state index contributed by atoms with van der Waals surface area (Å²) in [6.45, 7) is 5.48. The fourth-order valence-corrected chi connectivity index (χ4v) is 1.18. The van der Waals surface area contributed by atoms with Crippen molar-refractivity contribution in [2.45, 2.75) is 26.4 Å². The highest BCUT2D eigenvalue weighted by atomic mass is 16.5. The van der Waals surface area contributed by atoms with E-state index in [1.807, 2.05) is 13.8 Å². The van der Waals surface area contributed by atoms with Gasteiger partial charge in [-0.25, -0.2) is 0 Å². The summed E-state index contributed by atoms with van der Waals surface area (Å²) in [5.41, 5.74) is 0. The van der Waals surface area contributed by atoms with E-state index in [0.29, 0.717) is 0 Å². The number of carbonyl (C=O) groups excluding carboxylic acids is 1. The van der Waals surface area contributed by atoms with E-state index in [2.05, 4.69) is 5.32 Å². The predicted molar refractivity (Wildman–Crippen MR) is 42.2 cm³/mol. The Balaban J connectivity index is 2.28. The Hall–Kier alpha value is -0.570. The van der Waals surface area contributed by atoms with E-state index in [1.54, 1.807) is 0 Å². The van der Waals surface area contributed by atoms with Gasteiger partial charge in [0.15, 0.2) is 0 Å². The van der Waals surface area contributed by atoms with E-state index in [-0.39, 0.29) is 18.0 Å². The minimum Gasteiger partial charge on any atom is -0.463 e. The summed E-state index contributed by atoms with van der Waals surface area (Å²) in [6, 6.07) is 0. The number of ether oxygens (including phenoxy) is 1. The van der Waals surface area contributed by atoms with Crippen molar-refractivity contribution in [1.29, 1.82) is 0 Å². The second-order valence-electron chi connectivity index (χ2n) is 3.18. The van der Waals surface area contributed by atoms with Gasteiger partial charge >= 0.3 is 5.97 Å². The lowest BCUT2D eigenvalue weighted by Crippen LogP contribution is -2.22. The summed E-state index contributed by atoms with van der Waals surface area (Å²) in [7, 11) is 0. The smallest absolute Gasteiger partial charge is 0.310 e. The first-order chi connectivity index (χ1) is 5.20. The van der Waals surface area contributed by atoms with Crippen LogP contribution in [0.3, 0.4) is 0 Å². The zero-order valence-corrected chi connectivity index (χ0v) is 7.09. The van der Waals surface area contributed by atoms with Crippen LogP contribution in [-0.2, 0) is 9.53 Å². The standard InChI is InChI=1S/C8H15NO2/c1-6(2)11-8(10)7-3-4-9-5-7/h6-7,9H,3-5H2,1-2H3/t7-/m0/s1. The molecule has 1 N–H and O–H groups in total. The van der Waals surface area contributed by atoms with E-state index in [9.17, 15) is 4.79 Å². The van der Waals surface area contributed by atoms with Crippen LogP contribution >= 0.6 is 0 Å². The zero-order valence-electron chi connectivity index (χ0n) is 7.09. The number of esters is 1. The van der Waals surface area contributed by atoms with Gasteiger partial charge < -0.3 is 10.1 Å². The lowest BCUT2D eigenvalue weighted by atomic mass is 10.1. The molecule has 1 fully saturated rings. The zero-order chi connectivity index (χ0) is 8.27. The first-order valence-electron chi connectivity index (χ1n) is 4.11. The topological polar surface area (TPSA) is 38.3 Å². The third-order valence-corrected chi connectivity index (χ3v) is 1.75. The van der Waals surface area contributed by atoms with Crippen molar-refractivity contribution >= 4 is 5.97 Å². The quantitative estimate of drug-likeness (QED) is 0.595. The Labute approximate surface area is 67.1 Å². The summed E-state index contributed by atoms with van der Waals surface area (Å²) in [6.07, 6.45) is 0.939. The van der Waals surface area contributed by atoms with Gasteiger partial charge in [0.1, 0.15) is 0 Å². The number of nitrogens with one attached hydrogen (secondary N) is 1. The monoisotopic (exact) mass is 157 g/mol. The average molecular weight is 157 g/mol. The Bertz CT molecular complexity index is 139. The van der Waals surface area contributed by atoms with Crippen LogP contribution in [0, 0.1) is 5.92 Å². The number of hydrogen-bond donors (Lipinski definition) is 1. The molecule has 1 rings (SSSR count). The lowest BCUT2D eigenvalue weighted by Gasteiger charge is -2.11. The van der Waals surface area contributed by atoms with Gasteiger partial charge in [0.05, 0.1) is 12.0 Å². The molecule has 0 aromatic carbocycles. The molecule has 3 nitrogen and oxygen atoms in total. The van der Waals surface area contributed by atoms with Gasteiger partial charge in [0.2, 0.25) is 0 Å². The minimum absolute atomic E-state index is 0.0168. The molecule has 1 aliphatic heterocycles. The third-order valence-electron chi connectivity index (χ3n) is 1.75. The van der Waals surface area contributed by atoms with Gasteiger partial charge in [-0.3, -0.25) is 4.79 Å². The van der Waals surface area contributed by atoms with Gasteiger partial charge in [-0.1, -0.05) is 0 Å². The molecule has 1 heterocycles. The van der Waals surface area contributed by atoms with E-state index in [1.165, 1.54) is 0 Å². The van der Waals surface area contributed by atoms with Gasteiger partial charge in [-0.15, -0.1) is 0 Å². The van der Waals surface area contributed by atoms with Gasteiger partial charge in [-0.05, 0) is 26.8 Å². The van der Waals surface area contributed by atoms with Gasteiger partial charge in [-0.2, -0.15) is 0 Å². The van der Waals surface area contributed by atoms with Crippen LogP contribution in [-0.4, -0.2) is 25.2 Å². The van der Waals surface area contributed by atoms with Crippen LogP contribution in [0.2, 0.25) is 0 Å². The number of rotatable bonds is 2. The van der Waals surface area contributed by atoms with Crippen molar-refractivity contribution in [1.82, 2.24) is 5.32 Å². The molecule has 3 heteroatoms. The van der Waals surface area contributed by atoms with E-state index in [0.717, 1.165) is 19.5 Å². The molecule has 0 aliphatic carbocycles. The first-order valence-corrected chi connectivity index (χ1v) is 4.11. The number of carbonyl (C=O) groups is 1. The molecule has 11 heavy (non-hydrogen) atoms. The maximum atomic E-state index is 11.2. The second kappa shape index (κ2) is 3.72. The highest BCUT2D eigenvalue weighted by Gasteiger charge is 2.24. The molecule has 0 saturated carbocycles. The molecule has 0 spiro atoms. The molecule has 1 saturated heterocycles. The van der Waals surface area contributed by atoms with E-state index >= 15 is 0 Å². The fraction of sp³-hybridized carbons (Fsp3) is 0.875. The summed E-state index contributed by atoms with van der Waals surface area (Å²) in [4.78, 5) is 11.2. The molecule has 0 unspecified atom stereocenters. The normalized spacial score (nSPS) is 24.1. The molecule has 0 aromatic rings. The van der Waals surface area contributed by atoms with E-state index in [4.69, 9.17) is 4.74 Å². The maximum Gasteiger partial charge on any atom is 0.310 e. The van der Waals surface area contributed by atoms with Crippen LogP contribution in [0.15, 0.2) is 0 Å². The Morgan fingerprint density at radius 2 is 2.36 bits per heavy atom. The first kappa shape index (κ1) is 8.53. The van der Waals surface area contributed by atoms with Crippen LogP contribution in [0.4, 0.5) is 0 Å². The molecule has 0 bridgehead atoms. The highest BCUT2D eigenvalue weighted by Crippen LogP contribution is 2.10. The van der Waals surface area contributed by atoms with Crippen LogP contribution < -0.4 is 5.32 Å². The van der Waals surface area contributed by atoms with Crippen molar-refractivity contribution in [3.8, 4) is 0 Å². The van der Waals surface area contributed by atoms with Gasteiger partial charge in [0, 0.05) is 6.54 Å². The van der Waals surface area contributed by atoms with Gasteiger partial charge in [0.25, 0.3) is 0 Å².